The molecule has 0 saturated heterocycles. The summed E-state index contributed by atoms with van der Waals surface area (Å²) in [5, 5.41) is 6.01. The van der Waals surface area contributed by atoms with Crippen LogP contribution in [0.3, 0.4) is 0 Å². The van der Waals surface area contributed by atoms with Gasteiger partial charge in [-0.3, -0.25) is 0 Å². The van der Waals surface area contributed by atoms with Gasteiger partial charge in [0.2, 0.25) is 0 Å². The summed E-state index contributed by atoms with van der Waals surface area (Å²) in [6.07, 6.45) is 6.68. The van der Waals surface area contributed by atoms with Crippen molar-refractivity contribution in [2.75, 3.05) is 0 Å². The van der Waals surface area contributed by atoms with Gasteiger partial charge in [-0.05, 0) is 60.3 Å². The Balaban J connectivity index is 1.17. The summed E-state index contributed by atoms with van der Waals surface area (Å²) in [5.74, 6) is 1.92. The number of furan rings is 1. The zero-order chi connectivity index (χ0) is 42.7. The molecule has 63 heavy (non-hydrogen) atoms. The summed E-state index contributed by atoms with van der Waals surface area (Å²) in [5.41, 5.74) is 20.2. The highest BCUT2D eigenvalue weighted by Crippen LogP contribution is 2.41. The van der Waals surface area contributed by atoms with E-state index < -0.39 is 0 Å². The second-order valence-electron chi connectivity index (χ2n) is 17.2. The van der Waals surface area contributed by atoms with Gasteiger partial charge in [-0.15, -0.1) is 0 Å². The summed E-state index contributed by atoms with van der Waals surface area (Å²) in [6.45, 7) is 0. The molecule has 292 valence electrons. The Bertz CT molecular complexity index is 3690. The van der Waals surface area contributed by atoms with Crippen molar-refractivity contribution in [3.8, 4) is 45.5 Å². The third kappa shape index (κ3) is 5.50. The molecule has 12 heteroatoms. The topological polar surface area (TPSA) is 61.7 Å². The monoisotopic (exact) mass is 803 g/mol. The third-order valence-electron chi connectivity index (χ3n) is 13.9. The molecule has 0 unspecified atom stereocenters. The molecular formula is C51H39B6N5O. The third-order valence-corrected chi connectivity index (χ3v) is 13.9. The van der Waals surface area contributed by atoms with Gasteiger partial charge in [0.25, 0.3) is 0 Å². The van der Waals surface area contributed by atoms with E-state index in [0.717, 1.165) is 73.5 Å². The second-order valence-corrected chi connectivity index (χ2v) is 17.2. The molecule has 1 aliphatic rings. The first-order valence-corrected chi connectivity index (χ1v) is 21.9. The van der Waals surface area contributed by atoms with Crippen molar-refractivity contribution in [1.82, 2.24) is 24.1 Å². The van der Waals surface area contributed by atoms with Crippen LogP contribution in [0.2, 0.25) is 0 Å². The lowest BCUT2D eigenvalue weighted by molar-refractivity contribution is 0.674. The van der Waals surface area contributed by atoms with E-state index >= 15 is 0 Å². The number of aryl methyl sites for hydroxylation is 1. The van der Waals surface area contributed by atoms with Crippen molar-refractivity contribution in [3.05, 3.63) is 145 Å². The van der Waals surface area contributed by atoms with Crippen LogP contribution in [0.5, 0.6) is 0 Å². The Morgan fingerprint density at radius 3 is 1.78 bits per heavy atom. The van der Waals surface area contributed by atoms with Crippen molar-refractivity contribution in [2.24, 2.45) is 0 Å². The maximum Gasteiger partial charge on any atom is 0.164 e. The van der Waals surface area contributed by atoms with Crippen LogP contribution in [0.25, 0.3) is 106 Å². The molecule has 0 spiro atoms. The Kier molecular flexibility index (Phi) is 8.46. The van der Waals surface area contributed by atoms with Gasteiger partial charge in [-0.25, -0.2) is 15.0 Å². The normalized spacial score (nSPS) is 12.6. The summed E-state index contributed by atoms with van der Waals surface area (Å²) in [4.78, 5) is 15.6. The van der Waals surface area contributed by atoms with Crippen LogP contribution in [-0.4, -0.2) is 71.2 Å². The van der Waals surface area contributed by atoms with Crippen LogP contribution < -0.4 is 32.8 Å². The fraction of sp³-hybridized carbons (Fsp3) is 0.0392. The average molecular weight is 803 g/mol. The van der Waals surface area contributed by atoms with E-state index in [0.29, 0.717) is 17.5 Å². The molecule has 11 aromatic rings. The van der Waals surface area contributed by atoms with Crippen LogP contribution in [0.4, 0.5) is 0 Å². The lowest BCUT2D eigenvalue weighted by Crippen LogP contribution is -2.41. The van der Waals surface area contributed by atoms with E-state index in [4.69, 9.17) is 19.4 Å². The fourth-order valence-corrected chi connectivity index (χ4v) is 10.5. The minimum atomic E-state index is 0.641. The van der Waals surface area contributed by atoms with E-state index in [1.165, 1.54) is 66.0 Å². The van der Waals surface area contributed by atoms with Crippen LogP contribution in [-0.2, 0) is 6.42 Å². The predicted octanol–water partition coefficient (Wildman–Crippen LogP) is 2.32. The first-order chi connectivity index (χ1) is 30.8. The number of allylic oxidation sites excluding steroid dienone is 1. The van der Waals surface area contributed by atoms with Crippen molar-refractivity contribution in [1.29, 1.82) is 0 Å². The molecular weight excluding hydrogens is 763 g/mol. The maximum atomic E-state index is 7.25. The zero-order valence-electron chi connectivity index (χ0n) is 36.3. The second kappa shape index (κ2) is 14.2. The molecule has 0 aliphatic heterocycles. The summed E-state index contributed by atoms with van der Waals surface area (Å²) < 4.78 is 12.2. The van der Waals surface area contributed by atoms with Gasteiger partial charge in [0.05, 0.1) is 16.6 Å². The molecule has 1 aliphatic carbocycles. The number of nitrogens with zero attached hydrogens (tertiary/aromatic N) is 5. The molecule has 0 atom stereocenters. The van der Waals surface area contributed by atoms with Gasteiger partial charge in [0.15, 0.2) is 17.5 Å². The van der Waals surface area contributed by atoms with Gasteiger partial charge >= 0.3 is 0 Å². The molecule has 7 aromatic carbocycles. The Morgan fingerprint density at radius 2 is 1.08 bits per heavy atom. The number of benzene rings is 7. The van der Waals surface area contributed by atoms with Crippen molar-refractivity contribution in [3.63, 3.8) is 0 Å². The quantitative estimate of drug-likeness (QED) is 0.251. The van der Waals surface area contributed by atoms with Crippen molar-refractivity contribution >= 4 is 141 Å². The number of hydrogen-bond acceptors (Lipinski definition) is 4. The van der Waals surface area contributed by atoms with Gasteiger partial charge in [0.1, 0.15) is 58.2 Å². The van der Waals surface area contributed by atoms with Crippen LogP contribution in [0, 0.1) is 0 Å². The Morgan fingerprint density at radius 1 is 0.476 bits per heavy atom. The maximum absolute atomic E-state index is 7.25. The van der Waals surface area contributed by atoms with Crippen molar-refractivity contribution in [2.45, 2.75) is 12.8 Å². The Hall–Kier alpha value is -7.18. The minimum Gasteiger partial charge on any atom is -0.457 e. The van der Waals surface area contributed by atoms with Crippen LogP contribution >= 0.6 is 0 Å². The highest BCUT2D eigenvalue weighted by molar-refractivity contribution is 6.64. The fourth-order valence-electron chi connectivity index (χ4n) is 10.5. The lowest BCUT2D eigenvalue weighted by atomic mass is 9.67. The molecule has 0 saturated carbocycles. The smallest absolute Gasteiger partial charge is 0.164 e. The van der Waals surface area contributed by atoms with Gasteiger partial charge in [-0.1, -0.05) is 130 Å². The van der Waals surface area contributed by atoms with Crippen LogP contribution in [0.15, 0.2) is 138 Å². The van der Waals surface area contributed by atoms with Gasteiger partial charge in [-0.2, -0.15) is 0 Å². The highest BCUT2D eigenvalue weighted by Gasteiger charge is 2.29. The van der Waals surface area contributed by atoms with E-state index in [2.05, 4.69) is 159 Å². The summed E-state index contributed by atoms with van der Waals surface area (Å²) >= 11 is 0. The van der Waals surface area contributed by atoms with Gasteiger partial charge in [0, 0.05) is 60.7 Å². The Labute approximate surface area is 370 Å². The molecule has 0 N–H and O–H groups in total. The number of aromatic nitrogens is 5. The molecule has 6 nitrogen and oxygen atoms in total. The molecule has 4 aromatic heterocycles. The molecule has 12 rings (SSSR count). The highest BCUT2D eigenvalue weighted by atomic mass is 16.3. The minimum absolute atomic E-state index is 0.641. The van der Waals surface area contributed by atoms with E-state index in [9.17, 15) is 0 Å². The van der Waals surface area contributed by atoms with Crippen molar-refractivity contribution < 1.29 is 4.42 Å². The summed E-state index contributed by atoms with van der Waals surface area (Å²) in [7, 11) is 13.4. The van der Waals surface area contributed by atoms with Gasteiger partial charge < -0.3 is 13.6 Å². The van der Waals surface area contributed by atoms with E-state index in [-0.39, 0.29) is 0 Å². The van der Waals surface area contributed by atoms with E-state index in [1.807, 2.05) is 36.4 Å². The zero-order valence-corrected chi connectivity index (χ0v) is 36.3. The number of fused-ring (bicyclic) bond motifs is 9. The largest absolute Gasteiger partial charge is 0.457 e. The molecule has 0 amide bonds. The standard InChI is InChI=1S/C51H39B6N5O/c52-40-38-37-39(51-59-49(26-14-4-1-5-15-26)58-50(60-51)27-16-6-2-7-17-27)41(53)42(54)44(56)47(37)63-48(38)45(57)46(43(40)55)62-34-23-13-11-21-30(34)32-24-31-29-20-10-12-22-33(29)61(35(31)25-36(32)62)28-18-8-3-9-19-28/h1-10,12-20,22-25H,11,21,52-57H2. The molecule has 0 radical (unpaired) electrons. The first-order valence-electron chi connectivity index (χ1n) is 21.9. The average Bonchev–Trinajstić information content (AvgIpc) is 3.99. The lowest BCUT2D eigenvalue weighted by Gasteiger charge is -2.20. The first kappa shape index (κ1) is 37.6. The number of para-hydroxylation sites is 2. The van der Waals surface area contributed by atoms with Crippen LogP contribution in [0.1, 0.15) is 17.7 Å². The number of hydrogen-bond donors (Lipinski definition) is 0. The van der Waals surface area contributed by atoms with E-state index in [1.54, 1.807) is 0 Å². The summed E-state index contributed by atoms with van der Waals surface area (Å²) in [6, 6.07) is 44.9. The molecule has 4 heterocycles. The molecule has 0 bridgehead atoms. The SMILES string of the molecule is Bc1c(B)c(-c2nc(-c3ccccc3)nc(-c3ccccc3)n2)c2c(oc3c(B)c(-n4c5c(c6cc7c8ccccc8n(-c8ccccc8)c7cc64)CCC=C5)c(B)c(B)c32)c1B. The predicted molar refractivity (Wildman–Crippen MR) is 281 cm³/mol. The number of rotatable bonds is 5. The molecule has 0 fully saturated rings.